The van der Waals surface area contributed by atoms with Gasteiger partial charge in [-0.3, -0.25) is 4.40 Å². The number of ether oxygens (including phenoxy) is 1. The molecule has 7 nitrogen and oxygen atoms in total. The molecule has 2 atom stereocenters. The highest BCUT2D eigenvalue weighted by atomic mass is 32.1. The second-order valence-electron chi connectivity index (χ2n) is 10.2. The predicted octanol–water partition coefficient (Wildman–Crippen LogP) is 4.62. The molecule has 0 bridgehead atoms. The molecule has 1 aromatic carbocycles. The van der Waals surface area contributed by atoms with Gasteiger partial charge >= 0.3 is 0 Å². The molecular formula is C28H27FN6OS. The van der Waals surface area contributed by atoms with Crippen molar-refractivity contribution >= 4 is 34.4 Å². The van der Waals surface area contributed by atoms with Crippen molar-refractivity contribution in [3.63, 3.8) is 0 Å². The molecule has 37 heavy (non-hydrogen) atoms. The zero-order valence-electron chi connectivity index (χ0n) is 20.5. The van der Waals surface area contributed by atoms with Gasteiger partial charge in [0.05, 0.1) is 29.9 Å². The summed E-state index contributed by atoms with van der Waals surface area (Å²) in [6.07, 6.45) is 4.55. The molecule has 3 aromatic heterocycles. The van der Waals surface area contributed by atoms with Crippen molar-refractivity contribution < 1.29 is 9.13 Å². The van der Waals surface area contributed by atoms with Crippen LogP contribution >= 0.6 is 12.2 Å². The molecule has 0 saturated carbocycles. The van der Waals surface area contributed by atoms with Crippen LogP contribution in [0.1, 0.15) is 34.7 Å². The first kappa shape index (κ1) is 22.8. The zero-order valence-corrected chi connectivity index (χ0v) is 21.3. The summed E-state index contributed by atoms with van der Waals surface area (Å²) in [6, 6.07) is 11.3. The van der Waals surface area contributed by atoms with Gasteiger partial charge in [0.2, 0.25) is 0 Å². The van der Waals surface area contributed by atoms with Crippen LogP contribution in [0, 0.1) is 11.7 Å². The number of hydrogen-bond acceptors (Lipinski definition) is 6. The summed E-state index contributed by atoms with van der Waals surface area (Å²) in [6.45, 7) is 4.10. The van der Waals surface area contributed by atoms with E-state index in [0.717, 1.165) is 72.3 Å². The van der Waals surface area contributed by atoms with Crippen molar-refractivity contribution in [1.82, 2.24) is 24.6 Å². The summed E-state index contributed by atoms with van der Waals surface area (Å²) >= 11 is 5.71. The lowest BCUT2D eigenvalue weighted by Crippen LogP contribution is -2.32. The Morgan fingerprint density at radius 1 is 1.22 bits per heavy atom. The van der Waals surface area contributed by atoms with Gasteiger partial charge in [0.25, 0.3) is 0 Å². The van der Waals surface area contributed by atoms with Gasteiger partial charge in [0.1, 0.15) is 22.3 Å². The average Bonchev–Trinajstić information content (AvgIpc) is 3.45. The summed E-state index contributed by atoms with van der Waals surface area (Å²) in [5, 5.41) is 6.88. The second-order valence-corrected chi connectivity index (χ2v) is 10.6. The normalized spacial score (nSPS) is 21.2. The predicted molar refractivity (Wildman–Crippen MR) is 145 cm³/mol. The number of pyridine rings is 2. The largest absolute Gasteiger partial charge is 0.381 e. The van der Waals surface area contributed by atoms with E-state index in [0.29, 0.717) is 29.0 Å². The summed E-state index contributed by atoms with van der Waals surface area (Å²) < 4.78 is 21.4. The first-order valence-electron chi connectivity index (χ1n) is 12.7. The van der Waals surface area contributed by atoms with Crippen LogP contribution in [0.5, 0.6) is 0 Å². The lowest BCUT2D eigenvalue weighted by Gasteiger charge is -2.31. The van der Waals surface area contributed by atoms with E-state index in [1.54, 1.807) is 12.4 Å². The number of anilines is 2. The van der Waals surface area contributed by atoms with Crippen molar-refractivity contribution in [3.8, 4) is 11.3 Å². The van der Waals surface area contributed by atoms with Crippen LogP contribution < -0.4 is 10.6 Å². The van der Waals surface area contributed by atoms with Gasteiger partial charge in [-0.15, -0.1) is 0 Å². The van der Waals surface area contributed by atoms with Crippen LogP contribution in [0.25, 0.3) is 16.9 Å². The average molecular weight is 515 g/mol. The Morgan fingerprint density at radius 3 is 3.05 bits per heavy atom. The molecule has 0 unspecified atom stereocenters. The fraction of sp³-hybridized carbons (Fsp3) is 0.321. The minimum absolute atomic E-state index is 0.302. The number of benzene rings is 1. The highest BCUT2D eigenvalue weighted by Gasteiger charge is 2.33. The minimum atomic E-state index is -0.302. The number of thiocarbonyl (C=S) groups is 1. The summed E-state index contributed by atoms with van der Waals surface area (Å²) in [4.78, 5) is 12.5. The molecule has 188 valence electrons. The SMILES string of the molecule is CN1Cc2nc(Nc3ccc(-c4cnc5cc(F)ccn45)c4c3C(=S)NC4)ccc2[C@@H]2CCOC[C@@H]2C1. The minimum Gasteiger partial charge on any atom is -0.381 e. The fourth-order valence-electron chi connectivity index (χ4n) is 6.14. The Hall–Kier alpha value is -3.40. The molecule has 7 rings (SSSR count). The zero-order chi connectivity index (χ0) is 25.1. The molecule has 3 aliphatic rings. The molecule has 4 aromatic rings. The molecule has 6 heterocycles. The highest BCUT2D eigenvalue weighted by molar-refractivity contribution is 7.80. The van der Waals surface area contributed by atoms with Crippen LogP contribution in [0.4, 0.5) is 15.9 Å². The number of fused-ring (bicyclic) bond motifs is 5. The molecule has 1 fully saturated rings. The number of hydrogen-bond donors (Lipinski definition) is 2. The maximum atomic E-state index is 13.7. The van der Waals surface area contributed by atoms with Crippen LogP contribution in [-0.4, -0.2) is 51.1 Å². The third kappa shape index (κ3) is 3.89. The lowest BCUT2D eigenvalue weighted by atomic mass is 9.83. The van der Waals surface area contributed by atoms with Gasteiger partial charge in [-0.25, -0.2) is 14.4 Å². The summed E-state index contributed by atoms with van der Waals surface area (Å²) in [5.41, 5.74) is 7.98. The lowest BCUT2D eigenvalue weighted by molar-refractivity contribution is 0.0304. The molecule has 0 radical (unpaired) electrons. The van der Waals surface area contributed by atoms with Crippen molar-refractivity contribution in [2.75, 3.05) is 32.1 Å². The van der Waals surface area contributed by atoms with E-state index >= 15 is 0 Å². The Labute approximate surface area is 219 Å². The van der Waals surface area contributed by atoms with Crippen LogP contribution in [0.15, 0.2) is 48.8 Å². The quantitative estimate of drug-likeness (QED) is 0.387. The van der Waals surface area contributed by atoms with Gasteiger partial charge in [0.15, 0.2) is 0 Å². The van der Waals surface area contributed by atoms with E-state index in [2.05, 4.69) is 45.8 Å². The highest BCUT2D eigenvalue weighted by Crippen LogP contribution is 2.39. The molecule has 2 N–H and O–H groups in total. The number of nitrogens with one attached hydrogen (secondary N) is 2. The van der Waals surface area contributed by atoms with E-state index in [1.165, 1.54) is 17.7 Å². The first-order valence-corrected chi connectivity index (χ1v) is 13.1. The first-order chi connectivity index (χ1) is 18.0. The van der Waals surface area contributed by atoms with E-state index in [9.17, 15) is 4.39 Å². The molecular weight excluding hydrogens is 487 g/mol. The standard InChI is InChI=1S/C28H27FN6OS/c1-34-13-16-15-36-9-7-18(16)19-3-5-25(33-23(19)14-34)32-22-4-2-20(21-11-31-28(37)27(21)22)24-12-30-26-10-17(29)6-8-35(24)26/h2-6,8,10,12,16,18H,7,9,11,13-15H2,1H3,(H,31,37)(H,32,33)/t16-,18+/m0/s1. The van der Waals surface area contributed by atoms with Crippen molar-refractivity contribution in [2.24, 2.45) is 5.92 Å². The summed E-state index contributed by atoms with van der Waals surface area (Å²) in [5.74, 6) is 1.52. The van der Waals surface area contributed by atoms with Gasteiger partial charge in [-0.05, 0) is 48.7 Å². The molecule has 1 saturated heterocycles. The Morgan fingerprint density at radius 2 is 2.14 bits per heavy atom. The maximum absolute atomic E-state index is 13.7. The molecule has 3 aliphatic heterocycles. The number of imidazole rings is 1. The molecule has 0 aliphatic carbocycles. The van der Waals surface area contributed by atoms with Crippen LogP contribution in [-0.2, 0) is 17.8 Å². The molecule has 0 spiro atoms. The monoisotopic (exact) mass is 514 g/mol. The fourth-order valence-corrected chi connectivity index (χ4v) is 6.44. The number of rotatable bonds is 3. The van der Waals surface area contributed by atoms with Gasteiger partial charge in [0, 0.05) is 55.5 Å². The summed E-state index contributed by atoms with van der Waals surface area (Å²) in [7, 11) is 2.16. The molecule has 9 heteroatoms. The third-order valence-electron chi connectivity index (χ3n) is 7.83. The number of nitrogens with zero attached hydrogens (tertiary/aromatic N) is 4. The van der Waals surface area contributed by atoms with Crippen molar-refractivity contribution in [1.29, 1.82) is 0 Å². The van der Waals surface area contributed by atoms with Gasteiger partial charge in [-0.1, -0.05) is 24.4 Å². The smallest absolute Gasteiger partial charge is 0.140 e. The van der Waals surface area contributed by atoms with E-state index < -0.39 is 0 Å². The third-order valence-corrected chi connectivity index (χ3v) is 8.18. The van der Waals surface area contributed by atoms with E-state index in [-0.39, 0.29) is 5.82 Å². The molecule has 0 amide bonds. The van der Waals surface area contributed by atoms with Gasteiger partial charge < -0.3 is 20.3 Å². The second kappa shape index (κ2) is 8.86. The Kier molecular flexibility index (Phi) is 5.46. The van der Waals surface area contributed by atoms with Crippen LogP contribution in [0.2, 0.25) is 0 Å². The van der Waals surface area contributed by atoms with E-state index in [1.807, 2.05) is 10.5 Å². The van der Waals surface area contributed by atoms with Crippen LogP contribution in [0.3, 0.4) is 0 Å². The topological polar surface area (TPSA) is 66.7 Å². The van der Waals surface area contributed by atoms with Gasteiger partial charge in [-0.2, -0.15) is 0 Å². The number of aromatic nitrogens is 3. The van der Waals surface area contributed by atoms with Crippen molar-refractivity contribution in [3.05, 3.63) is 77.0 Å². The maximum Gasteiger partial charge on any atom is 0.140 e. The Bertz CT molecular complexity index is 1550. The van der Waals surface area contributed by atoms with Crippen molar-refractivity contribution in [2.45, 2.75) is 25.4 Å². The van der Waals surface area contributed by atoms with E-state index in [4.69, 9.17) is 21.9 Å². The number of halogens is 1. The Balaban J connectivity index is 1.26.